The van der Waals surface area contributed by atoms with Gasteiger partial charge in [-0.05, 0) is 53.6 Å². The molecule has 0 aromatic heterocycles. The van der Waals surface area contributed by atoms with E-state index in [0.29, 0.717) is 24.3 Å². The van der Waals surface area contributed by atoms with Crippen LogP contribution in [0.2, 0.25) is 0 Å². The molecule has 0 radical (unpaired) electrons. The van der Waals surface area contributed by atoms with E-state index < -0.39 is 11.9 Å². The van der Waals surface area contributed by atoms with Gasteiger partial charge in [-0.3, -0.25) is 0 Å². The molecule has 152 valence electrons. The van der Waals surface area contributed by atoms with Gasteiger partial charge in [0.05, 0.1) is 24.3 Å². The molecule has 5 heteroatoms. The summed E-state index contributed by atoms with van der Waals surface area (Å²) in [4.78, 5) is 24.8. The molecule has 0 unspecified atom stereocenters. The van der Waals surface area contributed by atoms with Gasteiger partial charge in [0.2, 0.25) is 0 Å². The van der Waals surface area contributed by atoms with E-state index in [0.717, 1.165) is 42.1 Å². The average Bonchev–Trinajstić information content (AvgIpc) is 2.66. The van der Waals surface area contributed by atoms with Gasteiger partial charge in [0.1, 0.15) is 0 Å². The highest BCUT2D eigenvalue weighted by atomic mass is 127. The lowest BCUT2D eigenvalue weighted by atomic mass is 10.1. The van der Waals surface area contributed by atoms with Crippen LogP contribution in [0.3, 0.4) is 0 Å². The molecule has 27 heavy (non-hydrogen) atoms. The summed E-state index contributed by atoms with van der Waals surface area (Å²) in [6.07, 6.45) is 10.9. The van der Waals surface area contributed by atoms with Gasteiger partial charge >= 0.3 is 11.9 Å². The van der Waals surface area contributed by atoms with Crippen LogP contribution in [0.4, 0.5) is 0 Å². The van der Waals surface area contributed by atoms with Crippen LogP contribution < -0.4 is 0 Å². The van der Waals surface area contributed by atoms with Gasteiger partial charge in [-0.1, -0.05) is 65.2 Å². The van der Waals surface area contributed by atoms with Crippen molar-refractivity contribution in [1.82, 2.24) is 0 Å². The fraction of sp³-hybridized carbons (Fsp3) is 0.636. The van der Waals surface area contributed by atoms with Crippen LogP contribution in [0.15, 0.2) is 18.2 Å². The zero-order chi connectivity index (χ0) is 19.9. The van der Waals surface area contributed by atoms with Crippen molar-refractivity contribution in [2.24, 2.45) is 0 Å². The number of carbonyl (C=O) groups is 2. The molecular weight excluding hydrogens is 455 g/mol. The van der Waals surface area contributed by atoms with Crippen LogP contribution >= 0.6 is 22.6 Å². The topological polar surface area (TPSA) is 52.6 Å². The zero-order valence-corrected chi connectivity index (χ0v) is 18.9. The van der Waals surface area contributed by atoms with Gasteiger partial charge in [0.25, 0.3) is 0 Å². The summed E-state index contributed by atoms with van der Waals surface area (Å²) in [7, 11) is 0. The van der Waals surface area contributed by atoms with Crippen molar-refractivity contribution in [3.05, 3.63) is 32.9 Å². The molecule has 1 aromatic rings. The smallest absolute Gasteiger partial charge is 0.339 e. The first-order valence-corrected chi connectivity index (χ1v) is 11.3. The number of hydrogen-bond acceptors (Lipinski definition) is 4. The first-order valence-electron chi connectivity index (χ1n) is 10.2. The van der Waals surface area contributed by atoms with Crippen molar-refractivity contribution in [1.29, 1.82) is 0 Å². The molecule has 0 heterocycles. The Hall–Kier alpha value is -1.11. The molecule has 0 aliphatic carbocycles. The first-order chi connectivity index (χ1) is 13.1. The number of unbranched alkanes of at least 4 members (excludes halogenated alkanes) is 8. The fourth-order valence-electron chi connectivity index (χ4n) is 2.76. The molecular formula is C22H33IO4. The summed E-state index contributed by atoms with van der Waals surface area (Å²) in [5, 5.41) is 0. The second-order valence-electron chi connectivity index (χ2n) is 6.79. The number of carbonyl (C=O) groups excluding carboxylic acids is 2. The zero-order valence-electron chi connectivity index (χ0n) is 16.7. The molecule has 0 N–H and O–H groups in total. The van der Waals surface area contributed by atoms with Gasteiger partial charge in [-0.15, -0.1) is 0 Å². The Labute approximate surface area is 177 Å². The van der Waals surface area contributed by atoms with Crippen LogP contribution in [-0.2, 0) is 9.47 Å². The molecule has 0 aliphatic heterocycles. The van der Waals surface area contributed by atoms with Crippen molar-refractivity contribution >= 4 is 34.5 Å². The quantitative estimate of drug-likeness (QED) is 0.169. The lowest BCUT2D eigenvalue weighted by Crippen LogP contribution is -2.15. The summed E-state index contributed by atoms with van der Waals surface area (Å²) in [6.45, 7) is 5.12. The number of esters is 2. The number of benzene rings is 1. The molecule has 0 saturated carbocycles. The molecule has 0 aliphatic rings. The average molecular weight is 488 g/mol. The predicted octanol–water partition coefficient (Wildman–Crippen LogP) is 6.55. The van der Waals surface area contributed by atoms with Crippen molar-refractivity contribution in [2.45, 2.75) is 78.1 Å². The second-order valence-corrected chi connectivity index (χ2v) is 8.04. The Kier molecular flexibility index (Phi) is 13.2. The summed E-state index contributed by atoms with van der Waals surface area (Å²) in [5.41, 5.74) is 0.589. The molecule has 0 saturated heterocycles. The molecule has 0 spiro atoms. The third kappa shape index (κ3) is 10.1. The molecule has 0 amide bonds. The summed E-state index contributed by atoms with van der Waals surface area (Å²) < 4.78 is 11.6. The molecule has 1 aromatic carbocycles. The van der Waals surface area contributed by atoms with Crippen molar-refractivity contribution < 1.29 is 19.1 Å². The van der Waals surface area contributed by atoms with Gasteiger partial charge in [-0.2, -0.15) is 0 Å². The fourth-order valence-corrected chi connectivity index (χ4v) is 3.25. The van der Waals surface area contributed by atoms with Gasteiger partial charge < -0.3 is 9.47 Å². The molecule has 1 rings (SSSR count). The highest BCUT2D eigenvalue weighted by Crippen LogP contribution is 2.17. The SMILES string of the molecule is CCCCCCCOC(=O)c1ccc(I)cc1C(=O)OCCCCCCC. The van der Waals surface area contributed by atoms with Gasteiger partial charge in [0.15, 0.2) is 0 Å². The van der Waals surface area contributed by atoms with Crippen molar-refractivity contribution in [2.75, 3.05) is 13.2 Å². The summed E-state index contributed by atoms with van der Waals surface area (Å²) in [5.74, 6) is -0.893. The number of rotatable bonds is 14. The first kappa shape index (κ1) is 23.9. The Morgan fingerprint density at radius 1 is 0.741 bits per heavy atom. The van der Waals surface area contributed by atoms with Crippen molar-refractivity contribution in [3.8, 4) is 0 Å². The maximum Gasteiger partial charge on any atom is 0.339 e. The number of ether oxygens (including phenoxy) is 2. The lowest BCUT2D eigenvalue weighted by Gasteiger charge is -2.10. The minimum atomic E-state index is -0.447. The van der Waals surface area contributed by atoms with Gasteiger partial charge in [-0.25, -0.2) is 9.59 Å². The van der Waals surface area contributed by atoms with E-state index in [1.807, 2.05) is 0 Å². The molecule has 0 atom stereocenters. The predicted molar refractivity (Wildman–Crippen MR) is 117 cm³/mol. The van der Waals surface area contributed by atoms with E-state index in [1.54, 1.807) is 18.2 Å². The molecule has 0 fully saturated rings. The summed E-state index contributed by atoms with van der Waals surface area (Å²) >= 11 is 2.13. The third-order valence-electron chi connectivity index (χ3n) is 4.38. The minimum Gasteiger partial charge on any atom is -0.462 e. The van der Waals surface area contributed by atoms with E-state index in [-0.39, 0.29) is 0 Å². The van der Waals surface area contributed by atoms with Crippen LogP contribution in [0, 0.1) is 3.57 Å². The third-order valence-corrected chi connectivity index (χ3v) is 5.05. The standard InChI is InChI=1S/C22H33IO4/c1-3-5-7-9-11-15-26-21(24)19-14-13-18(23)17-20(19)22(25)27-16-12-10-8-6-4-2/h13-14,17H,3-12,15-16H2,1-2H3. The monoisotopic (exact) mass is 488 g/mol. The summed E-state index contributed by atoms with van der Waals surface area (Å²) in [6, 6.07) is 5.15. The molecule has 0 bridgehead atoms. The van der Waals surface area contributed by atoms with Crippen LogP contribution in [0.25, 0.3) is 0 Å². The minimum absolute atomic E-state index is 0.292. The maximum atomic E-state index is 12.4. The highest BCUT2D eigenvalue weighted by Gasteiger charge is 2.20. The van der Waals surface area contributed by atoms with Crippen molar-refractivity contribution in [3.63, 3.8) is 0 Å². The van der Waals surface area contributed by atoms with Crippen LogP contribution in [0.1, 0.15) is 98.8 Å². The van der Waals surface area contributed by atoms with E-state index in [1.165, 1.54) is 25.7 Å². The van der Waals surface area contributed by atoms with E-state index in [2.05, 4.69) is 36.4 Å². The second kappa shape index (κ2) is 14.9. The Morgan fingerprint density at radius 2 is 1.22 bits per heavy atom. The van der Waals surface area contributed by atoms with E-state index >= 15 is 0 Å². The van der Waals surface area contributed by atoms with E-state index in [9.17, 15) is 9.59 Å². The lowest BCUT2D eigenvalue weighted by molar-refractivity contribution is 0.0450. The van der Waals surface area contributed by atoms with E-state index in [4.69, 9.17) is 9.47 Å². The maximum absolute atomic E-state index is 12.4. The van der Waals surface area contributed by atoms with Crippen LogP contribution in [0.5, 0.6) is 0 Å². The highest BCUT2D eigenvalue weighted by molar-refractivity contribution is 14.1. The Bertz CT molecular complexity index is 571. The van der Waals surface area contributed by atoms with Gasteiger partial charge in [0, 0.05) is 3.57 Å². The molecule has 4 nitrogen and oxygen atoms in total. The Balaban J connectivity index is 2.52. The number of halogens is 1. The normalized spacial score (nSPS) is 10.6. The Morgan fingerprint density at radius 3 is 1.74 bits per heavy atom. The van der Waals surface area contributed by atoms with Crippen LogP contribution in [-0.4, -0.2) is 25.2 Å². The largest absolute Gasteiger partial charge is 0.462 e. The number of hydrogen-bond donors (Lipinski definition) is 0.